The molecule has 2 amide bonds. The Bertz CT molecular complexity index is 632. The molecule has 3 N–H and O–H groups in total. The van der Waals surface area contributed by atoms with Crippen LogP contribution in [0.3, 0.4) is 0 Å². The van der Waals surface area contributed by atoms with E-state index in [0.29, 0.717) is 17.8 Å². The Morgan fingerprint density at radius 2 is 2.18 bits per heavy atom. The standard InChI is InChI=1S/C14H20N6O2/c1-9(2)6-11(14(22)18-12-4-5-15-19-12)17-13(21)10-7-16-20(3)8-10/h4-5,7-9,11H,6H2,1-3H3,(H,17,21)(H2,15,18,19,22)/t11-/m0/s1. The molecule has 1 atom stereocenters. The highest BCUT2D eigenvalue weighted by Crippen LogP contribution is 2.09. The zero-order valence-electron chi connectivity index (χ0n) is 12.8. The number of amides is 2. The van der Waals surface area contributed by atoms with Gasteiger partial charge in [0.25, 0.3) is 5.91 Å². The Hall–Kier alpha value is -2.64. The summed E-state index contributed by atoms with van der Waals surface area (Å²) >= 11 is 0. The van der Waals surface area contributed by atoms with Crippen molar-refractivity contribution in [2.24, 2.45) is 13.0 Å². The minimum absolute atomic E-state index is 0.256. The first-order valence-corrected chi connectivity index (χ1v) is 7.05. The van der Waals surface area contributed by atoms with Crippen molar-refractivity contribution < 1.29 is 9.59 Å². The highest BCUT2D eigenvalue weighted by Gasteiger charge is 2.23. The Labute approximate surface area is 128 Å². The zero-order valence-corrected chi connectivity index (χ0v) is 12.8. The summed E-state index contributed by atoms with van der Waals surface area (Å²) in [6.45, 7) is 3.99. The number of nitrogens with zero attached hydrogens (tertiary/aromatic N) is 3. The molecule has 0 fully saturated rings. The molecular formula is C14H20N6O2. The first-order valence-electron chi connectivity index (χ1n) is 7.05. The molecule has 0 bridgehead atoms. The molecule has 8 heteroatoms. The van der Waals surface area contributed by atoms with E-state index in [9.17, 15) is 9.59 Å². The van der Waals surface area contributed by atoms with Crippen LogP contribution < -0.4 is 10.6 Å². The SMILES string of the molecule is CC(C)C[C@H](NC(=O)c1cnn(C)c1)C(=O)Nc1ccn[nH]1. The summed E-state index contributed by atoms with van der Waals surface area (Å²) < 4.78 is 1.54. The van der Waals surface area contributed by atoms with Gasteiger partial charge in [0.15, 0.2) is 0 Å². The fourth-order valence-electron chi connectivity index (χ4n) is 2.03. The quantitative estimate of drug-likeness (QED) is 0.738. The highest BCUT2D eigenvalue weighted by atomic mass is 16.2. The second-order valence-corrected chi connectivity index (χ2v) is 5.52. The lowest BCUT2D eigenvalue weighted by molar-refractivity contribution is -0.118. The highest BCUT2D eigenvalue weighted by molar-refractivity contribution is 6.00. The van der Waals surface area contributed by atoms with Crippen molar-refractivity contribution in [3.63, 3.8) is 0 Å². The van der Waals surface area contributed by atoms with Gasteiger partial charge in [0.2, 0.25) is 5.91 Å². The Morgan fingerprint density at radius 1 is 1.41 bits per heavy atom. The topological polar surface area (TPSA) is 105 Å². The minimum Gasteiger partial charge on any atom is -0.340 e. The van der Waals surface area contributed by atoms with Crippen LogP contribution in [0.25, 0.3) is 0 Å². The number of carbonyl (C=O) groups excluding carboxylic acids is 2. The predicted molar refractivity (Wildman–Crippen MR) is 81.1 cm³/mol. The summed E-state index contributed by atoms with van der Waals surface area (Å²) in [7, 11) is 1.73. The van der Waals surface area contributed by atoms with Gasteiger partial charge in [-0.3, -0.25) is 19.4 Å². The number of rotatable bonds is 6. The molecule has 2 aromatic heterocycles. The van der Waals surface area contributed by atoms with Crippen LogP contribution in [0.4, 0.5) is 5.82 Å². The lowest BCUT2D eigenvalue weighted by atomic mass is 10.0. The van der Waals surface area contributed by atoms with Gasteiger partial charge in [-0.15, -0.1) is 0 Å². The monoisotopic (exact) mass is 304 g/mol. The molecule has 0 radical (unpaired) electrons. The Morgan fingerprint density at radius 3 is 2.73 bits per heavy atom. The maximum Gasteiger partial charge on any atom is 0.255 e. The number of nitrogens with one attached hydrogen (secondary N) is 3. The van der Waals surface area contributed by atoms with E-state index < -0.39 is 6.04 Å². The number of aromatic nitrogens is 4. The number of anilines is 1. The van der Waals surface area contributed by atoms with Crippen LogP contribution in [0.15, 0.2) is 24.7 Å². The second-order valence-electron chi connectivity index (χ2n) is 5.52. The van der Waals surface area contributed by atoms with Crippen LogP contribution in [0.1, 0.15) is 30.6 Å². The smallest absolute Gasteiger partial charge is 0.255 e. The van der Waals surface area contributed by atoms with E-state index in [1.165, 1.54) is 10.9 Å². The van der Waals surface area contributed by atoms with E-state index >= 15 is 0 Å². The van der Waals surface area contributed by atoms with Crippen molar-refractivity contribution in [2.75, 3.05) is 5.32 Å². The van der Waals surface area contributed by atoms with Crippen molar-refractivity contribution in [3.8, 4) is 0 Å². The number of aromatic amines is 1. The van der Waals surface area contributed by atoms with Crippen molar-refractivity contribution >= 4 is 17.6 Å². The summed E-state index contributed by atoms with van der Waals surface area (Å²) in [6, 6.07) is 1.02. The largest absolute Gasteiger partial charge is 0.340 e. The summed E-state index contributed by atoms with van der Waals surface area (Å²) in [5.41, 5.74) is 0.422. The molecule has 0 unspecified atom stereocenters. The van der Waals surface area contributed by atoms with E-state index in [-0.39, 0.29) is 17.7 Å². The summed E-state index contributed by atoms with van der Waals surface area (Å²) in [5.74, 6) is 0.148. The van der Waals surface area contributed by atoms with Crippen LogP contribution in [0.2, 0.25) is 0 Å². The molecule has 0 aliphatic rings. The maximum absolute atomic E-state index is 12.3. The second kappa shape index (κ2) is 6.88. The molecular weight excluding hydrogens is 284 g/mol. The van der Waals surface area contributed by atoms with E-state index in [1.54, 1.807) is 25.5 Å². The third kappa shape index (κ3) is 4.18. The number of aryl methyl sites for hydroxylation is 1. The van der Waals surface area contributed by atoms with E-state index in [2.05, 4.69) is 25.9 Å². The normalized spacial score (nSPS) is 12.2. The molecule has 8 nitrogen and oxygen atoms in total. The number of carbonyl (C=O) groups is 2. The molecule has 0 saturated heterocycles. The van der Waals surface area contributed by atoms with Crippen LogP contribution in [0, 0.1) is 5.92 Å². The molecule has 0 aliphatic carbocycles. The molecule has 2 aromatic rings. The van der Waals surface area contributed by atoms with Crippen LogP contribution in [0.5, 0.6) is 0 Å². The molecule has 0 saturated carbocycles. The van der Waals surface area contributed by atoms with Crippen molar-refractivity contribution in [3.05, 3.63) is 30.2 Å². The first kappa shape index (κ1) is 15.7. The summed E-state index contributed by atoms with van der Waals surface area (Å²) in [5, 5.41) is 15.8. The van der Waals surface area contributed by atoms with E-state index in [1.807, 2.05) is 13.8 Å². The van der Waals surface area contributed by atoms with Crippen LogP contribution >= 0.6 is 0 Å². The average Bonchev–Trinajstić information content (AvgIpc) is 3.08. The van der Waals surface area contributed by atoms with Gasteiger partial charge in [0.1, 0.15) is 11.9 Å². The molecule has 2 rings (SSSR count). The van der Waals surface area contributed by atoms with E-state index in [0.717, 1.165) is 0 Å². The van der Waals surface area contributed by atoms with Gasteiger partial charge >= 0.3 is 0 Å². The molecule has 0 spiro atoms. The number of hydrogen-bond acceptors (Lipinski definition) is 4. The molecule has 118 valence electrons. The third-order valence-electron chi connectivity index (χ3n) is 3.05. The first-order chi connectivity index (χ1) is 10.5. The maximum atomic E-state index is 12.3. The van der Waals surface area contributed by atoms with Crippen molar-refractivity contribution in [1.29, 1.82) is 0 Å². The average molecular weight is 304 g/mol. The van der Waals surface area contributed by atoms with Crippen LogP contribution in [-0.4, -0.2) is 37.8 Å². The van der Waals surface area contributed by atoms with Gasteiger partial charge in [0.05, 0.1) is 18.0 Å². The van der Waals surface area contributed by atoms with Gasteiger partial charge in [-0.25, -0.2) is 0 Å². The summed E-state index contributed by atoms with van der Waals surface area (Å²) in [6.07, 6.45) is 5.15. The van der Waals surface area contributed by atoms with E-state index in [4.69, 9.17) is 0 Å². The molecule has 0 aliphatic heterocycles. The minimum atomic E-state index is -0.629. The van der Waals surface area contributed by atoms with Crippen LogP contribution in [-0.2, 0) is 11.8 Å². The van der Waals surface area contributed by atoms with Gasteiger partial charge in [-0.05, 0) is 12.3 Å². The molecule has 0 aromatic carbocycles. The lowest BCUT2D eigenvalue weighted by Gasteiger charge is -2.19. The Balaban J connectivity index is 2.05. The molecule has 2 heterocycles. The number of H-pyrrole nitrogens is 1. The van der Waals surface area contributed by atoms with Gasteiger partial charge in [-0.2, -0.15) is 10.2 Å². The van der Waals surface area contributed by atoms with Crippen molar-refractivity contribution in [1.82, 2.24) is 25.3 Å². The van der Waals surface area contributed by atoms with Gasteiger partial charge in [-0.1, -0.05) is 13.8 Å². The Kier molecular flexibility index (Phi) is 4.92. The van der Waals surface area contributed by atoms with Crippen molar-refractivity contribution in [2.45, 2.75) is 26.3 Å². The predicted octanol–water partition coefficient (Wildman–Crippen LogP) is 0.926. The zero-order chi connectivity index (χ0) is 16.1. The summed E-state index contributed by atoms with van der Waals surface area (Å²) in [4.78, 5) is 24.5. The molecule has 22 heavy (non-hydrogen) atoms. The fourth-order valence-corrected chi connectivity index (χ4v) is 2.03. The fraction of sp³-hybridized carbons (Fsp3) is 0.429. The number of hydrogen-bond donors (Lipinski definition) is 3. The lowest BCUT2D eigenvalue weighted by Crippen LogP contribution is -2.44. The van der Waals surface area contributed by atoms with Gasteiger partial charge < -0.3 is 10.6 Å². The van der Waals surface area contributed by atoms with Gasteiger partial charge in [0, 0.05) is 19.3 Å². The third-order valence-corrected chi connectivity index (χ3v) is 3.05.